The van der Waals surface area contributed by atoms with Crippen LogP contribution in [0.25, 0.3) is 11.1 Å². The van der Waals surface area contributed by atoms with Crippen LogP contribution in [0.2, 0.25) is 0 Å². The van der Waals surface area contributed by atoms with E-state index in [2.05, 4.69) is 45.2 Å². The molecule has 660 valence electrons. The standard InChI is InChI=1S/C33H43N5O5.C32H41N5O3.C31H40N6O4/c1-42-26-13-15-27(16-14-26)43-31-10-6-5-9-25(31)12-18-30(39)29(17-11-24-7-3-2-4-8-24)37-33(41)28(36)23-32(40)38(21-19-34)22-20-35;33-19-21-37(22-20-34)31(39)23-28(35)32(40)36-29(17-13-24-7-3-1-4-8-24)30(38)18-14-25-11-15-27(16-12-25)26-9-5-2-6-10-26;32-17-20-37(21-18-33)30(39)22-26(34)31(40)36-27(15-11-23-6-2-1-3-7-23)28(38)16-12-24-9-13-25(14-10-24)41-29-8-4-5-19-35-29/h2-10,13-16,28-29H,11-12,17-23,34-36H2,1H3,(H,37,41);1-12,15-16,28-29H,13-14,17-23,33-35H2,(H,36,40);1-10,13-14,19,26-27H,11-12,15-18,20-22,32-34H2,(H,36,40)/t2*28-,29-;26-,27-/m000/s1. The molecule has 0 spiro atoms. The fourth-order valence-electron chi connectivity index (χ4n) is 13.5. The van der Waals surface area contributed by atoms with E-state index >= 15 is 0 Å². The number of para-hydroxylation sites is 1. The number of ether oxygens (including phenoxy) is 3. The van der Waals surface area contributed by atoms with Gasteiger partial charge in [-0.2, -0.15) is 0 Å². The quantitative estimate of drug-likeness (QED) is 0.0183. The molecule has 124 heavy (non-hydrogen) atoms. The van der Waals surface area contributed by atoms with Gasteiger partial charge >= 0.3 is 0 Å². The van der Waals surface area contributed by atoms with E-state index in [1.54, 1.807) is 19.4 Å². The predicted octanol–water partition coefficient (Wildman–Crippen LogP) is 6.96. The van der Waals surface area contributed by atoms with Gasteiger partial charge in [-0.05, 0) is 151 Å². The van der Waals surface area contributed by atoms with Crippen LogP contribution in [0.4, 0.5) is 0 Å². The molecule has 0 radical (unpaired) electrons. The predicted molar refractivity (Wildman–Crippen MR) is 484 cm³/mol. The van der Waals surface area contributed by atoms with E-state index in [0.29, 0.717) is 120 Å². The number of hydrogen-bond acceptors (Lipinski definition) is 22. The number of aryl methyl sites for hydroxylation is 6. The van der Waals surface area contributed by atoms with Gasteiger partial charge in [0.15, 0.2) is 17.3 Å². The van der Waals surface area contributed by atoms with Crippen LogP contribution < -0.4 is 81.8 Å². The molecule has 0 aliphatic heterocycles. The van der Waals surface area contributed by atoms with Gasteiger partial charge in [0.1, 0.15) is 23.0 Å². The molecule has 0 saturated heterocycles. The second kappa shape index (κ2) is 55.7. The largest absolute Gasteiger partial charge is 0.497 e. The Hall–Kier alpha value is -12.2. The summed E-state index contributed by atoms with van der Waals surface area (Å²) in [5, 5.41) is 8.46. The molecule has 6 amide bonds. The number of benzene rings is 8. The van der Waals surface area contributed by atoms with Gasteiger partial charge in [-0.25, -0.2) is 4.98 Å². The molecule has 6 atom stereocenters. The molecule has 28 nitrogen and oxygen atoms in total. The van der Waals surface area contributed by atoms with Crippen molar-refractivity contribution < 1.29 is 57.4 Å². The van der Waals surface area contributed by atoms with E-state index < -0.39 is 54.0 Å². The minimum atomic E-state index is -1.11. The van der Waals surface area contributed by atoms with Crippen LogP contribution in [0.5, 0.6) is 28.9 Å². The third-order valence-electron chi connectivity index (χ3n) is 20.5. The summed E-state index contributed by atoms with van der Waals surface area (Å²) in [6, 6.07) is 69.8. The summed E-state index contributed by atoms with van der Waals surface area (Å²) in [5.74, 6) is 0.352. The topological polar surface area (TPSA) is 474 Å². The van der Waals surface area contributed by atoms with Gasteiger partial charge in [0.05, 0.1) is 62.6 Å². The van der Waals surface area contributed by atoms with E-state index in [1.165, 1.54) is 14.7 Å². The van der Waals surface area contributed by atoms with E-state index in [4.69, 9.17) is 65.8 Å². The molecule has 0 saturated carbocycles. The molecular formula is C96H124N16O12. The molecule has 8 aromatic carbocycles. The Balaban J connectivity index is 0.000000256. The number of Topliss-reactive ketones (excluding diaryl/α,β-unsaturated/α-hetero) is 3. The zero-order valence-electron chi connectivity index (χ0n) is 71.0. The minimum Gasteiger partial charge on any atom is -0.497 e. The van der Waals surface area contributed by atoms with Crippen LogP contribution in [-0.2, 0) is 81.7 Å². The normalized spacial score (nSPS) is 12.3. The van der Waals surface area contributed by atoms with Gasteiger partial charge in [-0.3, -0.25) is 43.2 Å². The Morgan fingerprint density at radius 3 is 1.00 bits per heavy atom. The summed E-state index contributed by atoms with van der Waals surface area (Å²) in [6.07, 6.45) is 6.30. The monoisotopic (exact) mass is 1690 g/mol. The number of hydrogen-bond donors (Lipinski definition) is 12. The molecule has 0 unspecified atom stereocenters. The molecule has 0 fully saturated rings. The van der Waals surface area contributed by atoms with Crippen molar-refractivity contribution in [2.24, 2.45) is 51.6 Å². The number of nitrogens with two attached hydrogens (primary N) is 9. The lowest BCUT2D eigenvalue weighted by atomic mass is 9.96. The van der Waals surface area contributed by atoms with E-state index in [9.17, 15) is 43.2 Å². The van der Waals surface area contributed by atoms with Gasteiger partial charge < -0.3 is 96.5 Å². The third kappa shape index (κ3) is 35.7. The lowest BCUT2D eigenvalue weighted by molar-refractivity contribution is -0.135. The number of ketones is 3. The maximum absolute atomic E-state index is 13.5. The highest BCUT2D eigenvalue weighted by Crippen LogP contribution is 2.29. The van der Waals surface area contributed by atoms with E-state index in [1.807, 2.05) is 206 Å². The number of rotatable bonds is 51. The maximum Gasteiger partial charge on any atom is 0.238 e. The molecule has 1 aromatic heterocycles. The van der Waals surface area contributed by atoms with Crippen LogP contribution >= 0.6 is 0 Å². The second-order valence-corrected chi connectivity index (χ2v) is 29.8. The average molecular weight is 1690 g/mol. The fraction of sp³-hybridized carbons (Fsp3) is 0.354. The highest BCUT2D eigenvalue weighted by molar-refractivity contribution is 5.95. The van der Waals surface area contributed by atoms with Gasteiger partial charge in [0.2, 0.25) is 41.3 Å². The van der Waals surface area contributed by atoms with Crippen molar-refractivity contribution in [1.29, 1.82) is 0 Å². The molecule has 9 rings (SSSR count). The number of methoxy groups -OCH3 is 1. The first-order valence-electron chi connectivity index (χ1n) is 42.3. The first-order valence-corrected chi connectivity index (χ1v) is 42.3. The van der Waals surface area contributed by atoms with Crippen molar-refractivity contribution in [1.82, 2.24) is 35.6 Å². The van der Waals surface area contributed by atoms with Gasteiger partial charge in [0.25, 0.3) is 0 Å². The highest BCUT2D eigenvalue weighted by Gasteiger charge is 2.31. The molecule has 0 aliphatic rings. The number of carbonyl (C=O) groups excluding carboxylic acids is 9. The number of pyridine rings is 1. The van der Waals surface area contributed by atoms with Gasteiger partial charge in [-0.15, -0.1) is 0 Å². The number of aromatic nitrogens is 1. The molecule has 9 aromatic rings. The third-order valence-corrected chi connectivity index (χ3v) is 20.5. The minimum absolute atomic E-state index is 0.0668. The summed E-state index contributed by atoms with van der Waals surface area (Å²) >= 11 is 0. The Labute approximate surface area is 728 Å². The molecule has 28 heteroatoms. The summed E-state index contributed by atoms with van der Waals surface area (Å²) in [6.45, 7) is 3.69. The van der Waals surface area contributed by atoms with E-state index in [0.717, 1.165) is 50.3 Å². The van der Waals surface area contributed by atoms with Crippen LogP contribution in [0.15, 0.2) is 243 Å². The van der Waals surface area contributed by atoms with Crippen LogP contribution in [-0.4, -0.2) is 194 Å². The summed E-state index contributed by atoms with van der Waals surface area (Å²) in [4.78, 5) is 126. The molecular weight excluding hydrogens is 1570 g/mol. The number of amides is 6. The van der Waals surface area contributed by atoms with Gasteiger partial charge in [-0.1, -0.05) is 182 Å². The smallest absolute Gasteiger partial charge is 0.238 e. The number of nitrogens with one attached hydrogen (secondary N) is 3. The Morgan fingerprint density at radius 2 is 0.637 bits per heavy atom. The number of carbonyl (C=O) groups is 9. The Morgan fingerprint density at radius 1 is 0.331 bits per heavy atom. The zero-order chi connectivity index (χ0) is 89.2. The molecule has 0 bridgehead atoms. The van der Waals surface area contributed by atoms with Crippen LogP contribution in [0, 0.1) is 0 Å². The maximum atomic E-state index is 13.5. The van der Waals surface area contributed by atoms with Crippen LogP contribution in [0.3, 0.4) is 0 Å². The molecule has 21 N–H and O–H groups in total. The first-order chi connectivity index (χ1) is 60.1. The second-order valence-electron chi connectivity index (χ2n) is 29.8. The lowest BCUT2D eigenvalue weighted by Crippen LogP contribution is -2.51. The highest BCUT2D eigenvalue weighted by atomic mass is 16.5. The lowest BCUT2D eigenvalue weighted by Gasteiger charge is -2.24. The molecule has 1 heterocycles. The first kappa shape index (κ1) is 98.9. The Kier molecular flexibility index (Phi) is 44.4. The average Bonchev–Trinajstić information content (AvgIpc) is 0.860. The van der Waals surface area contributed by atoms with Crippen molar-refractivity contribution >= 4 is 52.8 Å². The summed E-state index contributed by atoms with van der Waals surface area (Å²) < 4.78 is 17.0. The van der Waals surface area contributed by atoms with Crippen molar-refractivity contribution in [2.45, 2.75) is 133 Å². The zero-order valence-corrected chi connectivity index (χ0v) is 71.0. The van der Waals surface area contributed by atoms with Crippen molar-refractivity contribution in [3.63, 3.8) is 0 Å². The van der Waals surface area contributed by atoms with Crippen molar-refractivity contribution in [3.05, 3.63) is 276 Å². The van der Waals surface area contributed by atoms with Crippen molar-refractivity contribution in [2.75, 3.05) is 85.6 Å². The fourth-order valence-corrected chi connectivity index (χ4v) is 13.5. The summed E-state index contributed by atoms with van der Waals surface area (Å²) in [7, 11) is 1.60. The van der Waals surface area contributed by atoms with Crippen molar-refractivity contribution in [3.8, 4) is 40.0 Å². The Bertz CT molecular complexity index is 4650. The number of nitrogens with zero attached hydrogens (tertiary/aromatic N) is 4. The van der Waals surface area contributed by atoms with Crippen LogP contribution in [0.1, 0.15) is 91.2 Å². The summed E-state index contributed by atoms with van der Waals surface area (Å²) in [5.41, 5.74) is 60.2. The SMILES string of the molecule is COc1ccc(Oc2ccccc2CCC(=O)[C@H](CCc2ccccc2)NC(=O)[C@@H](N)CC(=O)N(CCN)CCN)cc1.NCCN(CCN)C(=O)C[C@H](N)C(=O)N[C@@H](CCc1ccccc1)C(=O)CCc1ccc(-c2ccccc2)cc1.NCCN(CCN)C(=O)C[C@H](N)C(=O)N[C@@H](CCc1ccccc1)C(=O)CCc1ccc(Oc2ccccn2)cc1. The van der Waals surface area contributed by atoms with E-state index in [-0.39, 0.29) is 113 Å². The van der Waals surface area contributed by atoms with Gasteiger partial charge in [0, 0.05) is 110 Å². The molecule has 0 aliphatic carbocycles.